The van der Waals surface area contributed by atoms with E-state index in [1.807, 2.05) is 36.4 Å². The van der Waals surface area contributed by atoms with E-state index in [1.54, 1.807) is 18.2 Å². The first-order chi connectivity index (χ1) is 12.1. The lowest BCUT2D eigenvalue weighted by atomic mass is 9.99. The van der Waals surface area contributed by atoms with E-state index >= 15 is 0 Å². The van der Waals surface area contributed by atoms with Gasteiger partial charge in [0.15, 0.2) is 0 Å². The van der Waals surface area contributed by atoms with Crippen LogP contribution in [0.2, 0.25) is 0 Å². The molecule has 7 nitrogen and oxygen atoms in total. The Kier molecular flexibility index (Phi) is 5.52. The summed E-state index contributed by atoms with van der Waals surface area (Å²) in [4.78, 5) is 0. The summed E-state index contributed by atoms with van der Waals surface area (Å²) in [5.41, 5.74) is 1.50. The quantitative estimate of drug-likeness (QED) is 0.539. The fourth-order valence-corrected chi connectivity index (χ4v) is 2.64. The number of aliphatic hydroxyl groups excluding tert-OH is 4. The third kappa shape index (κ3) is 3.92. The van der Waals surface area contributed by atoms with Gasteiger partial charge in [-0.05, 0) is 24.3 Å². The molecule has 5 atom stereocenters. The van der Waals surface area contributed by atoms with Crippen LogP contribution in [0.3, 0.4) is 0 Å². The monoisotopic (exact) mass is 347 g/mol. The Bertz CT molecular complexity index is 680. The van der Waals surface area contributed by atoms with E-state index in [0.29, 0.717) is 11.4 Å². The van der Waals surface area contributed by atoms with Crippen LogP contribution in [0.1, 0.15) is 0 Å². The predicted octanol–water partition coefficient (Wildman–Crippen LogP) is 0.609. The summed E-state index contributed by atoms with van der Waals surface area (Å²) in [6.07, 6.45) is -6.60. The van der Waals surface area contributed by atoms with E-state index in [4.69, 9.17) is 9.47 Å². The number of benzene rings is 2. The fraction of sp³-hybridized carbons (Fsp3) is 0.333. The molecular weight excluding hydrogens is 326 g/mol. The summed E-state index contributed by atoms with van der Waals surface area (Å²) < 4.78 is 11.1. The van der Waals surface area contributed by atoms with Crippen molar-refractivity contribution in [3.05, 3.63) is 54.6 Å². The van der Waals surface area contributed by atoms with Gasteiger partial charge in [0.2, 0.25) is 6.29 Å². The van der Waals surface area contributed by atoms with Gasteiger partial charge in [-0.25, -0.2) is 0 Å². The average Bonchev–Trinajstić information content (AvgIpc) is 2.64. The summed E-state index contributed by atoms with van der Waals surface area (Å²) in [6.45, 7) is -0.505. The SMILES string of the molecule is OC[C@H]1OC(Oc2ccccc2Nc2ccccc2)C(O)C(O)C1O. The molecule has 2 aromatic carbocycles. The molecule has 0 spiro atoms. The van der Waals surface area contributed by atoms with Crippen molar-refractivity contribution < 1.29 is 29.9 Å². The maximum Gasteiger partial charge on any atom is 0.229 e. The van der Waals surface area contributed by atoms with E-state index in [2.05, 4.69) is 5.32 Å². The van der Waals surface area contributed by atoms with Gasteiger partial charge in [0.1, 0.15) is 30.2 Å². The number of rotatable bonds is 5. The minimum absolute atomic E-state index is 0.399. The Balaban J connectivity index is 1.78. The first-order valence-corrected chi connectivity index (χ1v) is 7.98. The molecule has 4 unspecified atom stereocenters. The van der Waals surface area contributed by atoms with Crippen LogP contribution in [0.25, 0.3) is 0 Å². The van der Waals surface area contributed by atoms with Gasteiger partial charge in [-0.1, -0.05) is 30.3 Å². The molecular formula is C18H21NO6. The summed E-state index contributed by atoms with van der Waals surface area (Å²) in [5.74, 6) is 0.399. The number of para-hydroxylation sites is 3. The lowest BCUT2D eigenvalue weighted by Crippen LogP contribution is -2.60. The Labute approximate surface area is 145 Å². The van der Waals surface area contributed by atoms with Crippen LogP contribution in [-0.2, 0) is 4.74 Å². The normalized spacial score (nSPS) is 29.2. The van der Waals surface area contributed by atoms with E-state index in [9.17, 15) is 20.4 Å². The lowest BCUT2D eigenvalue weighted by Gasteiger charge is -2.39. The average molecular weight is 347 g/mol. The molecule has 0 radical (unpaired) electrons. The molecule has 1 saturated heterocycles. The van der Waals surface area contributed by atoms with Crippen molar-refractivity contribution in [1.29, 1.82) is 0 Å². The third-order valence-corrected chi connectivity index (χ3v) is 4.03. The lowest BCUT2D eigenvalue weighted by molar-refractivity contribution is -0.277. The second kappa shape index (κ2) is 7.81. The van der Waals surface area contributed by atoms with Crippen LogP contribution < -0.4 is 10.1 Å². The summed E-state index contributed by atoms with van der Waals surface area (Å²) in [7, 11) is 0. The van der Waals surface area contributed by atoms with Crippen LogP contribution in [0.4, 0.5) is 11.4 Å². The number of aliphatic hydroxyl groups is 4. The molecule has 1 aliphatic rings. The Morgan fingerprint density at radius 1 is 0.880 bits per heavy atom. The van der Waals surface area contributed by atoms with Gasteiger partial charge in [-0.15, -0.1) is 0 Å². The molecule has 7 heteroatoms. The maximum absolute atomic E-state index is 10.1. The Morgan fingerprint density at radius 3 is 2.28 bits per heavy atom. The molecule has 0 bridgehead atoms. The zero-order chi connectivity index (χ0) is 17.8. The van der Waals surface area contributed by atoms with Crippen LogP contribution in [0.15, 0.2) is 54.6 Å². The second-order valence-corrected chi connectivity index (χ2v) is 5.80. The van der Waals surface area contributed by atoms with Crippen LogP contribution >= 0.6 is 0 Å². The number of ether oxygens (including phenoxy) is 2. The number of hydrogen-bond acceptors (Lipinski definition) is 7. The Morgan fingerprint density at radius 2 is 1.56 bits per heavy atom. The molecule has 0 saturated carbocycles. The van der Waals surface area contributed by atoms with Gasteiger partial charge in [0.25, 0.3) is 0 Å². The summed E-state index contributed by atoms with van der Waals surface area (Å²) >= 11 is 0. The van der Waals surface area contributed by atoms with Crippen molar-refractivity contribution in [3.63, 3.8) is 0 Å². The number of nitrogens with one attached hydrogen (secondary N) is 1. The largest absolute Gasteiger partial charge is 0.460 e. The smallest absolute Gasteiger partial charge is 0.229 e. The van der Waals surface area contributed by atoms with Crippen molar-refractivity contribution >= 4 is 11.4 Å². The van der Waals surface area contributed by atoms with Gasteiger partial charge in [-0.2, -0.15) is 0 Å². The van der Waals surface area contributed by atoms with Crippen LogP contribution in [-0.4, -0.2) is 57.7 Å². The van der Waals surface area contributed by atoms with E-state index in [-0.39, 0.29) is 0 Å². The second-order valence-electron chi connectivity index (χ2n) is 5.80. The molecule has 134 valence electrons. The summed E-state index contributed by atoms with van der Waals surface area (Å²) in [5, 5.41) is 42.2. The highest BCUT2D eigenvalue weighted by Gasteiger charge is 2.44. The molecule has 1 fully saturated rings. The van der Waals surface area contributed by atoms with Crippen LogP contribution in [0, 0.1) is 0 Å². The zero-order valence-electron chi connectivity index (χ0n) is 13.4. The highest BCUT2D eigenvalue weighted by molar-refractivity contribution is 5.66. The number of anilines is 2. The topological polar surface area (TPSA) is 111 Å². The first kappa shape index (κ1) is 17.7. The fourth-order valence-electron chi connectivity index (χ4n) is 2.64. The molecule has 3 rings (SSSR count). The van der Waals surface area contributed by atoms with Crippen molar-refractivity contribution in [2.75, 3.05) is 11.9 Å². The highest BCUT2D eigenvalue weighted by Crippen LogP contribution is 2.31. The maximum atomic E-state index is 10.1. The molecule has 0 amide bonds. The molecule has 1 heterocycles. The van der Waals surface area contributed by atoms with Gasteiger partial charge in [-0.3, -0.25) is 0 Å². The molecule has 1 aliphatic heterocycles. The molecule has 25 heavy (non-hydrogen) atoms. The van der Waals surface area contributed by atoms with Gasteiger partial charge in [0.05, 0.1) is 12.3 Å². The van der Waals surface area contributed by atoms with Gasteiger partial charge < -0.3 is 35.2 Å². The predicted molar refractivity (Wildman–Crippen MR) is 90.6 cm³/mol. The zero-order valence-corrected chi connectivity index (χ0v) is 13.4. The molecule has 0 aromatic heterocycles. The van der Waals surface area contributed by atoms with E-state index in [1.165, 1.54) is 0 Å². The van der Waals surface area contributed by atoms with Crippen molar-refractivity contribution in [3.8, 4) is 5.75 Å². The third-order valence-electron chi connectivity index (χ3n) is 4.03. The van der Waals surface area contributed by atoms with Crippen LogP contribution in [0.5, 0.6) is 5.75 Å². The standard InChI is InChI=1S/C18H21NO6/c20-10-14-15(21)16(22)17(23)18(25-14)24-13-9-5-4-8-12(13)19-11-6-2-1-3-7-11/h1-9,14-23H,10H2/t14-,15?,16?,17?,18?/m1/s1. The van der Waals surface area contributed by atoms with Crippen molar-refractivity contribution in [1.82, 2.24) is 0 Å². The van der Waals surface area contributed by atoms with E-state index < -0.39 is 37.3 Å². The minimum atomic E-state index is -1.48. The Hall–Kier alpha value is -2.16. The minimum Gasteiger partial charge on any atom is -0.460 e. The van der Waals surface area contributed by atoms with Crippen molar-refractivity contribution in [2.24, 2.45) is 0 Å². The van der Waals surface area contributed by atoms with Crippen molar-refractivity contribution in [2.45, 2.75) is 30.7 Å². The number of hydrogen-bond donors (Lipinski definition) is 5. The molecule has 5 N–H and O–H groups in total. The van der Waals surface area contributed by atoms with Gasteiger partial charge in [0, 0.05) is 5.69 Å². The van der Waals surface area contributed by atoms with E-state index in [0.717, 1.165) is 5.69 Å². The van der Waals surface area contributed by atoms with Gasteiger partial charge >= 0.3 is 0 Å². The molecule has 0 aliphatic carbocycles. The molecule has 2 aromatic rings. The summed E-state index contributed by atoms with van der Waals surface area (Å²) in [6, 6.07) is 16.5. The first-order valence-electron chi connectivity index (χ1n) is 7.98. The highest BCUT2D eigenvalue weighted by atomic mass is 16.7.